The molecule has 0 bridgehead atoms. The molecule has 0 aromatic carbocycles. The fraction of sp³-hybridized carbons (Fsp3) is 0.333. The Balaban J connectivity index is 3.03. The van der Waals surface area contributed by atoms with Crippen LogP contribution in [0, 0.1) is 0 Å². The highest BCUT2D eigenvalue weighted by Gasteiger charge is 1.90. The molecule has 0 rings (SSSR count). The van der Waals surface area contributed by atoms with Gasteiger partial charge < -0.3 is 0 Å². The highest BCUT2D eigenvalue weighted by Crippen LogP contribution is 2.39. The molecule has 0 N–H and O–H groups in total. The van der Waals surface area contributed by atoms with Gasteiger partial charge >= 0.3 is 0 Å². The Labute approximate surface area is 36.9 Å². The Hall–Kier alpha value is 0.0300. The van der Waals surface area contributed by atoms with Gasteiger partial charge in [-0.1, -0.05) is 6.08 Å². The molecule has 0 spiro atoms. The first-order valence-corrected chi connectivity index (χ1v) is 2.70. The molecular formula is C3H5F2P. The van der Waals surface area contributed by atoms with E-state index in [0.29, 0.717) is 0 Å². The van der Waals surface area contributed by atoms with Crippen LogP contribution in [-0.4, -0.2) is 0 Å². The lowest BCUT2D eigenvalue weighted by Gasteiger charge is -1.75. The monoisotopic (exact) mass is 110 g/mol. The van der Waals surface area contributed by atoms with Crippen LogP contribution in [-0.2, 0) is 0 Å². The number of allylic oxidation sites excluding steroid dienone is 1. The summed E-state index contributed by atoms with van der Waals surface area (Å²) in [4.78, 5) is 0. The molecule has 0 aromatic rings. The van der Waals surface area contributed by atoms with E-state index in [4.69, 9.17) is 0 Å². The minimum atomic E-state index is -2.78. The average Bonchev–Trinajstić information content (AvgIpc) is 1.35. The van der Waals surface area contributed by atoms with E-state index >= 15 is 0 Å². The van der Waals surface area contributed by atoms with Crippen molar-refractivity contribution in [2.75, 3.05) is 0 Å². The van der Waals surface area contributed by atoms with Crippen LogP contribution in [0.25, 0.3) is 0 Å². The maximum Gasteiger partial charge on any atom is 0.290 e. The van der Waals surface area contributed by atoms with Crippen LogP contribution in [0.15, 0.2) is 11.9 Å². The lowest BCUT2D eigenvalue weighted by molar-refractivity contribution is 0.762. The summed E-state index contributed by atoms with van der Waals surface area (Å²) in [6.45, 7) is 1.58. The highest BCUT2D eigenvalue weighted by atomic mass is 31.2. The third-order valence-corrected chi connectivity index (χ3v) is 0.785. The van der Waals surface area contributed by atoms with Crippen molar-refractivity contribution in [3.63, 3.8) is 0 Å². The molecule has 0 atom stereocenters. The summed E-state index contributed by atoms with van der Waals surface area (Å²) in [6, 6.07) is 0. The first kappa shape index (κ1) is 6.03. The minimum Gasteiger partial charge on any atom is -0.184 e. The van der Waals surface area contributed by atoms with E-state index in [1.807, 2.05) is 0 Å². The Morgan fingerprint density at radius 2 is 2.00 bits per heavy atom. The molecular weight excluding hydrogens is 105 g/mol. The van der Waals surface area contributed by atoms with Gasteiger partial charge in [-0.2, -0.15) is 8.39 Å². The van der Waals surface area contributed by atoms with Crippen LogP contribution in [0.4, 0.5) is 8.39 Å². The van der Waals surface area contributed by atoms with Gasteiger partial charge in [0, 0.05) is 0 Å². The second-order valence-corrected chi connectivity index (χ2v) is 1.56. The molecule has 0 aliphatic carbocycles. The van der Waals surface area contributed by atoms with Crippen molar-refractivity contribution in [3.05, 3.63) is 11.9 Å². The lowest BCUT2D eigenvalue weighted by atomic mass is 10.8. The molecule has 0 radical (unpaired) electrons. The number of hydrogen-bond donors (Lipinski definition) is 0. The summed E-state index contributed by atoms with van der Waals surface area (Å²) in [6.07, 6.45) is 1.35. The van der Waals surface area contributed by atoms with E-state index in [1.54, 1.807) is 6.92 Å². The molecule has 0 aliphatic rings. The largest absolute Gasteiger partial charge is 0.290 e. The van der Waals surface area contributed by atoms with Crippen molar-refractivity contribution in [1.82, 2.24) is 0 Å². The summed E-state index contributed by atoms with van der Waals surface area (Å²) in [5.74, 6) is 0.898. The lowest BCUT2D eigenvalue weighted by Crippen LogP contribution is -1.35. The van der Waals surface area contributed by atoms with Crippen molar-refractivity contribution in [2.24, 2.45) is 0 Å². The Morgan fingerprint density at radius 3 is 2.00 bits per heavy atom. The fourth-order valence-corrected chi connectivity index (χ4v) is 0.338. The van der Waals surface area contributed by atoms with Gasteiger partial charge in [-0.25, -0.2) is 0 Å². The van der Waals surface area contributed by atoms with Gasteiger partial charge in [0.1, 0.15) is 0 Å². The van der Waals surface area contributed by atoms with Crippen LogP contribution in [0.2, 0.25) is 0 Å². The average molecular weight is 110 g/mol. The van der Waals surface area contributed by atoms with Gasteiger partial charge in [0.2, 0.25) is 0 Å². The molecule has 0 aromatic heterocycles. The van der Waals surface area contributed by atoms with E-state index in [0.717, 1.165) is 5.82 Å². The molecule has 0 aliphatic heterocycles. The van der Waals surface area contributed by atoms with Crippen molar-refractivity contribution in [1.29, 1.82) is 0 Å². The zero-order valence-corrected chi connectivity index (χ0v) is 4.25. The van der Waals surface area contributed by atoms with Gasteiger partial charge in [0.15, 0.2) is 0 Å². The molecule has 0 amide bonds. The van der Waals surface area contributed by atoms with E-state index in [9.17, 15) is 8.39 Å². The van der Waals surface area contributed by atoms with Gasteiger partial charge in [-0.3, -0.25) is 0 Å². The van der Waals surface area contributed by atoms with Gasteiger partial charge in [-0.05, 0) is 12.7 Å². The Bertz CT molecular complexity index is 50.8. The molecule has 0 nitrogen and oxygen atoms in total. The summed E-state index contributed by atoms with van der Waals surface area (Å²) in [7, 11) is -2.78. The van der Waals surface area contributed by atoms with E-state index in [2.05, 4.69) is 0 Å². The molecule has 0 unspecified atom stereocenters. The van der Waals surface area contributed by atoms with Crippen LogP contribution >= 0.6 is 8.54 Å². The van der Waals surface area contributed by atoms with E-state index in [-0.39, 0.29) is 0 Å². The fourth-order valence-electron chi connectivity index (χ4n) is 0.113. The van der Waals surface area contributed by atoms with Crippen LogP contribution in [0.3, 0.4) is 0 Å². The summed E-state index contributed by atoms with van der Waals surface area (Å²) >= 11 is 0. The first-order valence-electron chi connectivity index (χ1n) is 1.51. The van der Waals surface area contributed by atoms with Gasteiger partial charge in [0.05, 0.1) is 0 Å². The molecule has 3 heteroatoms. The first-order chi connectivity index (χ1) is 2.77. The third-order valence-electron chi connectivity index (χ3n) is 0.262. The zero-order chi connectivity index (χ0) is 4.99. The predicted molar refractivity (Wildman–Crippen MR) is 23.9 cm³/mol. The standard InChI is InChI=1S/C3H5F2P/c1-2-3-6(4)5/h2-3H,1H3/b3-2+. The number of halogens is 2. The summed E-state index contributed by atoms with van der Waals surface area (Å²) < 4.78 is 22.0. The van der Waals surface area contributed by atoms with Gasteiger partial charge in [0.25, 0.3) is 8.54 Å². The van der Waals surface area contributed by atoms with Crippen LogP contribution in [0.1, 0.15) is 6.92 Å². The predicted octanol–water partition coefficient (Wildman–Crippen LogP) is 2.77. The summed E-state index contributed by atoms with van der Waals surface area (Å²) in [5.41, 5.74) is 0. The molecule has 0 heterocycles. The van der Waals surface area contributed by atoms with Crippen molar-refractivity contribution >= 4 is 8.54 Å². The maximum absolute atomic E-state index is 11.0. The second-order valence-electron chi connectivity index (χ2n) is 0.741. The number of rotatable bonds is 1. The minimum absolute atomic E-state index is 0.898. The van der Waals surface area contributed by atoms with E-state index < -0.39 is 8.54 Å². The smallest absolute Gasteiger partial charge is 0.184 e. The molecule has 6 heavy (non-hydrogen) atoms. The Kier molecular flexibility index (Phi) is 3.24. The van der Waals surface area contributed by atoms with Crippen molar-refractivity contribution in [2.45, 2.75) is 6.92 Å². The Morgan fingerprint density at radius 1 is 1.50 bits per heavy atom. The van der Waals surface area contributed by atoms with Crippen LogP contribution in [0.5, 0.6) is 0 Å². The van der Waals surface area contributed by atoms with E-state index in [1.165, 1.54) is 6.08 Å². The maximum atomic E-state index is 11.0. The molecule has 0 fully saturated rings. The normalized spacial score (nSPS) is 11.3. The third kappa shape index (κ3) is 4.03. The molecule has 0 saturated heterocycles. The SMILES string of the molecule is C/C=C/P(F)F. The van der Waals surface area contributed by atoms with Crippen molar-refractivity contribution in [3.8, 4) is 0 Å². The number of hydrogen-bond acceptors (Lipinski definition) is 0. The summed E-state index contributed by atoms with van der Waals surface area (Å²) in [5, 5.41) is 0. The second kappa shape index (κ2) is 3.23. The molecule has 0 saturated carbocycles. The van der Waals surface area contributed by atoms with Gasteiger partial charge in [-0.15, -0.1) is 0 Å². The van der Waals surface area contributed by atoms with Crippen molar-refractivity contribution < 1.29 is 8.39 Å². The topological polar surface area (TPSA) is 0 Å². The highest BCUT2D eigenvalue weighted by molar-refractivity contribution is 7.49. The zero-order valence-electron chi connectivity index (χ0n) is 3.36. The molecule has 36 valence electrons. The van der Waals surface area contributed by atoms with Crippen LogP contribution < -0.4 is 0 Å². The quantitative estimate of drug-likeness (QED) is 0.455.